The van der Waals surface area contributed by atoms with Crippen molar-refractivity contribution < 1.29 is 19.1 Å². The lowest BCUT2D eigenvalue weighted by Crippen LogP contribution is -2.39. The number of likely N-dealkylation sites (N-methyl/N-ethyl adjacent to an activating group) is 1. The molecule has 1 saturated heterocycles. The van der Waals surface area contributed by atoms with Crippen LogP contribution in [0.5, 0.6) is 11.5 Å². The van der Waals surface area contributed by atoms with Crippen LogP contribution in [-0.4, -0.2) is 54.6 Å². The maximum Gasteiger partial charge on any atom is 0.237 e. The van der Waals surface area contributed by atoms with E-state index in [1.54, 1.807) is 4.90 Å². The summed E-state index contributed by atoms with van der Waals surface area (Å²) in [6, 6.07) is 5.73. The summed E-state index contributed by atoms with van der Waals surface area (Å²) in [6.45, 7) is 4.98. The number of amides is 2. The number of nitrogens with two attached hydrogens (primary N) is 1. The van der Waals surface area contributed by atoms with Crippen molar-refractivity contribution in [1.29, 1.82) is 0 Å². The number of nitrogens with zero attached hydrogens (tertiary/aromatic N) is 2. The van der Waals surface area contributed by atoms with E-state index in [1.165, 1.54) is 0 Å². The first-order valence-electron chi connectivity index (χ1n) is 8.24. The summed E-state index contributed by atoms with van der Waals surface area (Å²) in [5.41, 5.74) is 6.35. The normalized spacial score (nSPS) is 19.5. The maximum absolute atomic E-state index is 12.6. The van der Waals surface area contributed by atoms with E-state index >= 15 is 0 Å². The molecule has 0 unspecified atom stereocenters. The Hall–Kier alpha value is -2.28. The Labute approximate surface area is 141 Å². The number of hydrogen-bond acceptors (Lipinski definition) is 5. The molecule has 0 aliphatic carbocycles. The summed E-state index contributed by atoms with van der Waals surface area (Å²) in [4.78, 5) is 27.6. The first-order chi connectivity index (χ1) is 11.6. The minimum Gasteiger partial charge on any atom is -0.454 e. The minimum atomic E-state index is -0.280. The van der Waals surface area contributed by atoms with E-state index in [0.29, 0.717) is 26.2 Å². The number of ether oxygens (including phenoxy) is 2. The molecule has 3 rings (SSSR count). The fourth-order valence-electron chi connectivity index (χ4n) is 3.14. The molecule has 2 aliphatic heterocycles. The summed E-state index contributed by atoms with van der Waals surface area (Å²) >= 11 is 0. The molecule has 0 aromatic heterocycles. The maximum atomic E-state index is 12.6. The quantitative estimate of drug-likeness (QED) is 0.823. The van der Waals surface area contributed by atoms with Gasteiger partial charge in [0.15, 0.2) is 11.5 Å². The van der Waals surface area contributed by atoms with Crippen molar-refractivity contribution in [2.75, 3.05) is 33.0 Å². The van der Waals surface area contributed by atoms with Gasteiger partial charge in [-0.2, -0.15) is 0 Å². The predicted molar refractivity (Wildman–Crippen MR) is 87.4 cm³/mol. The molecule has 2 N–H and O–H groups in total. The van der Waals surface area contributed by atoms with E-state index < -0.39 is 0 Å². The van der Waals surface area contributed by atoms with Crippen LogP contribution in [0.15, 0.2) is 18.2 Å². The van der Waals surface area contributed by atoms with E-state index in [9.17, 15) is 9.59 Å². The van der Waals surface area contributed by atoms with E-state index in [0.717, 1.165) is 30.0 Å². The second-order valence-corrected chi connectivity index (χ2v) is 6.22. The monoisotopic (exact) mass is 333 g/mol. The van der Waals surface area contributed by atoms with Crippen LogP contribution in [0.1, 0.15) is 18.9 Å². The molecule has 130 valence electrons. The molecular formula is C17H23N3O4. The van der Waals surface area contributed by atoms with E-state index in [2.05, 4.69) is 0 Å². The molecule has 0 saturated carbocycles. The van der Waals surface area contributed by atoms with Crippen molar-refractivity contribution in [3.8, 4) is 11.5 Å². The second kappa shape index (κ2) is 7.09. The van der Waals surface area contributed by atoms with Gasteiger partial charge in [0.25, 0.3) is 0 Å². The van der Waals surface area contributed by atoms with Gasteiger partial charge in [0.1, 0.15) is 0 Å². The predicted octanol–water partition coefficient (Wildman–Crippen LogP) is 0.571. The standard InChI is InChI=1S/C17H23N3O4/c1-2-20(8-12-3-4-14-15(7-12)24-11-23-14)16(21)10-19-6-5-13(9-19)17(18)22/h3-4,7,13H,2,5-6,8-11H2,1H3,(H2,18,22)/t13-/m0/s1. The number of likely N-dealkylation sites (tertiary alicyclic amines) is 1. The summed E-state index contributed by atoms with van der Waals surface area (Å²) in [7, 11) is 0. The van der Waals surface area contributed by atoms with Gasteiger partial charge in [-0.25, -0.2) is 0 Å². The number of hydrogen-bond donors (Lipinski definition) is 1. The summed E-state index contributed by atoms with van der Waals surface area (Å²) in [5, 5.41) is 0. The Morgan fingerprint density at radius 1 is 1.33 bits per heavy atom. The van der Waals surface area contributed by atoms with Gasteiger partial charge in [0.2, 0.25) is 18.6 Å². The average Bonchev–Trinajstić information content (AvgIpc) is 3.20. The fourth-order valence-corrected chi connectivity index (χ4v) is 3.14. The van der Waals surface area contributed by atoms with Crippen molar-refractivity contribution in [2.24, 2.45) is 11.7 Å². The summed E-state index contributed by atoms with van der Waals surface area (Å²) in [6.07, 6.45) is 0.733. The molecule has 0 bridgehead atoms. The van der Waals surface area contributed by atoms with Crippen molar-refractivity contribution in [1.82, 2.24) is 9.80 Å². The van der Waals surface area contributed by atoms with Gasteiger partial charge in [-0.05, 0) is 37.6 Å². The molecule has 24 heavy (non-hydrogen) atoms. The Bertz CT molecular complexity index is 634. The first-order valence-corrected chi connectivity index (χ1v) is 8.24. The molecule has 0 spiro atoms. The molecule has 1 aromatic rings. The third kappa shape index (κ3) is 3.62. The van der Waals surface area contributed by atoms with Crippen molar-refractivity contribution in [2.45, 2.75) is 19.9 Å². The molecule has 7 heteroatoms. The van der Waals surface area contributed by atoms with Gasteiger partial charge < -0.3 is 20.1 Å². The molecule has 2 heterocycles. The highest BCUT2D eigenvalue weighted by atomic mass is 16.7. The molecule has 7 nitrogen and oxygen atoms in total. The molecule has 0 radical (unpaired) electrons. The number of rotatable bonds is 6. The molecule has 1 aromatic carbocycles. The zero-order valence-electron chi connectivity index (χ0n) is 13.9. The summed E-state index contributed by atoms with van der Waals surface area (Å²) < 4.78 is 10.7. The zero-order chi connectivity index (χ0) is 17.1. The lowest BCUT2D eigenvalue weighted by molar-refractivity contribution is -0.133. The number of carbonyl (C=O) groups excluding carboxylic acids is 2. The topological polar surface area (TPSA) is 85.1 Å². The lowest BCUT2D eigenvalue weighted by Gasteiger charge is -2.24. The smallest absolute Gasteiger partial charge is 0.237 e. The molecule has 2 amide bonds. The third-order valence-corrected chi connectivity index (χ3v) is 4.58. The van der Waals surface area contributed by atoms with Crippen molar-refractivity contribution in [3.05, 3.63) is 23.8 Å². The molecule has 1 atom stereocenters. The van der Waals surface area contributed by atoms with Crippen LogP contribution in [-0.2, 0) is 16.1 Å². The van der Waals surface area contributed by atoms with Gasteiger partial charge in [-0.1, -0.05) is 6.07 Å². The third-order valence-electron chi connectivity index (χ3n) is 4.58. The highest BCUT2D eigenvalue weighted by molar-refractivity contribution is 5.79. The largest absolute Gasteiger partial charge is 0.454 e. The van der Waals surface area contributed by atoms with Crippen LogP contribution in [0.4, 0.5) is 0 Å². The van der Waals surface area contributed by atoms with Crippen LogP contribution in [0.25, 0.3) is 0 Å². The molecule has 1 fully saturated rings. The zero-order valence-corrected chi connectivity index (χ0v) is 13.9. The van der Waals surface area contributed by atoms with Gasteiger partial charge in [-0.15, -0.1) is 0 Å². The molecule has 2 aliphatic rings. The lowest BCUT2D eigenvalue weighted by atomic mass is 10.1. The summed E-state index contributed by atoms with van der Waals surface area (Å²) in [5.74, 6) is 1.10. The highest BCUT2D eigenvalue weighted by Gasteiger charge is 2.28. The van der Waals surface area contributed by atoms with Crippen LogP contribution >= 0.6 is 0 Å². The minimum absolute atomic E-state index is 0.0558. The van der Waals surface area contributed by atoms with Crippen molar-refractivity contribution in [3.63, 3.8) is 0 Å². The van der Waals surface area contributed by atoms with Crippen LogP contribution < -0.4 is 15.2 Å². The van der Waals surface area contributed by atoms with E-state index in [4.69, 9.17) is 15.2 Å². The Morgan fingerprint density at radius 3 is 2.83 bits per heavy atom. The number of fused-ring (bicyclic) bond motifs is 1. The number of benzene rings is 1. The molecular weight excluding hydrogens is 310 g/mol. The van der Waals surface area contributed by atoms with E-state index in [-0.39, 0.29) is 24.5 Å². The highest BCUT2D eigenvalue weighted by Crippen LogP contribution is 2.32. The average molecular weight is 333 g/mol. The second-order valence-electron chi connectivity index (χ2n) is 6.22. The van der Waals surface area contributed by atoms with Gasteiger partial charge >= 0.3 is 0 Å². The SMILES string of the molecule is CCN(Cc1ccc2c(c1)OCO2)C(=O)CN1CC[C@H](C(N)=O)C1. The number of primary amides is 1. The Morgan fingerprint density at radius 2 is 2.12 bits per heavy atom. The fraction of sp³-hybridized carbons (Fsp3) is 0.529. The van der Waals surface area contributed by atoms with Crippen LogP contribution in [0.2, 0.25) is 0 Å². The number of carbonyl (C=O) groups is 2. The van der Waals surface area contributed by atoms with Gasteiger partial charge in [-0.3, -0.25) is 14.5 Å². The van der Waals surface area contributed by atoms with Crippen LogP contribution in [0, 0.1) is 5.92 Å². The van der Waals surface area contributed by atoms with E-state index in [1.807, 2.05) is 30.0 Å². The van der Waals surface area contributed by atoms with Crippen molar-refractivity contribution >= 4 is 11.8 Å². The van der Waals surface area contributed by atoms with Gasteiger partial charge in [0.05, 0.1) is 12.5 Å². The first kappa shape index (κ1) is 16.6. The Balaban J connectivity index is 1.57. The Kier molecular flexibility index (Phi) is 4.89. The van der Waals surface area contributed by atoms with Gasteiger partial charge in [0, 0.05) is 19.6 Å². The van der Waals surface area contributed by atoms with Crippen LogP contribution in [0.3, 0.4) is 0 Å².